The first-order valence-electron chi connectivity index (χ1n) is 4.53. The van der Waals surface area contributed by atoms with Gasteiger partial charge < -0.3 is 9.64 Å². The number of nitrogens with zero attached hydrogens (tertiary/aromatic N) is 1. The van der Waals surface area contributed by atoms with Crippen LogP contribution in [0.5, 0.6) is 5.75 Å². The topological polar surface area (TPSA) is 29.5 Å². The molecule has 1 aromatic carbocycles. The van der Waals surface area contributed by atoms with Gasteiger partial charge in [0.15, 0.2) is 0 Å². The highest BCUT2D eigenvalue weighted by Gasteiger charge is 2.08. The number of rotatable bonds is 2. The summed E-state index contributed by atoms with van der Waals surface area (Å²) in [5.41, 5.74) is 0.766. The molecule has 0 aliphatic carbocycles. The quantitative estimate of drug-likeness (QED) is 0.684. The molecule has 0 aromatic heterocycles. The molecule has 1 rings (SSSR count). The number of ether oxygens (including phenoxy) is 1. The lowest BCUT2D eigenvalue weighted by Gasteiger charge is -2.14. The molecule has 0 heterocycles. The Morgan fingerprint density at radius 1 is 1.47 bits per heavy atom. The lowest BCUT2D eigenvalue weighted by molar-refractivity contribution is -0.113. The largest absolute Gasteiger partial charge is 0.497 e. The summed E-state index contributed by atoms with van der Waals surface area (Å²) in [6.07, 6.45) is 0. The van der Waals surface area contributed by atoms with Crippen molar-refractivity contribution in [3.63, 3.8) is 0 Å². The van der Waals surface area contributed by atoms with E-state index in [2.05, 4.69) is 11.8 Å². The summed E-state index contributed by atoms with van der Waals surface area (Å²) < 4.78 is 5.07. The highest BCUT2D eigenvalue weighted by Crippen LogP contribution is 2.19. The monoisotopic (exact) mass is 203 g/mol. The fourth-order valence-electron chi connectivity index (χ4n) is 1.13. The van der Waals surface area contributed by atoms with Crippen LogP contribution >= 0.6 is 0 Å². The molecule has 3 heteroatoms. The smallest absolute Gasteiger partial charge is 0.302 e. The molecule has 0 radical (unpaired) electrons. The summed E-state index contributed by atoms with van der Waals surface area (Å²) >= 11 is 0. The molecule has 78 valence electrons. The van der Waals surface area contributed by atoms with E-state index in [4.69, 9.17) is 4.74 Å². The summed E-state index contributed by atoms with van der Waals surface area (Å²) in [7, 11) is 3.27. The van der Waals surface area contributed by atoms with Gasteiger partial charge in [-0.15, -0.1) is 0 Å². The van der Waals surface area contributed by atoms with E-state index in [-0.39, 0.29) is 5.91 Å². The first-order valence-corrected chi connectivity index (χ1v) is 4.53. The molecule has 0 saturated heterocycles. The van der Waals surface area contributed by atoms with Gasteiger partial charge in [0.05, 0.1) is 7.11 Å². The molecule has 3 nitrogen and oxygen atoms in total. The fraction of sp³-hybridized carbons (Fsp3) is 0.250. The van der Waals surface area contributed by atoms with Crippen LogP contribution in [0, 0.1) is 11.8 Å². The Hall–Kier alpha value is -1.95. The van der Waals surface area contributed by atoms with Crippen LogP contribution in [0.1, 0.15) is 6.92 Å². The Bertz CT molecular complexity index is 415. The number of carbonyl (C=O) groups excluding carboxylic acids is 1. The van der Waals surface area contributed by atoms with Gasteiger partial charge >= 0.3 is 5.91 Å². The van der Waals surface area contributed by atoms with E-state index in [1.165, 1.54) is 4.90 Å². The third kappa shape index (κ3) is 2.75. The first kappa shape index (κ1) is 11.1. The van der Waals surface area contributed by atoms with Gasteiger partial charge in [-0.3, -0.25) is 4.79 Å². The summed E-state index contributed by atoms with van der Waals surface area (Å²) in [6.45, 7) is 1.64. The number of hydrogen-bond donors (Lipinski definition) is 0. The van der Waals surface area contributed by atoms with Crippen LogP contribution in [0.4, 0.5) is 5.69 Å². The van der Waals surface area contributed by atoms with Crippen LogP contribution < -0.4 is 9.64 Å². The second kappa shape index (κ2) is 5.06. The highest BCUT2D eigenvalue weighted by molar-refractivity contribution is 6.05. The van der Waals surface area contributed by atoms with Gasteiger partial charge in [-0.25, -0.2) is 0 Å². The molecule has 0 aliphatic rings. The van der Waals surface area contributed by atoms with Gasteiger partial charge in [-0.2, -0.15) is 0 Å². The minimum Gasteiger partial charge on any atom is -0.497 e. The zero-order valence-corrected chi connectivity index (χ0v) is 9.07. The van der Waals surface area contributed by atoms with Crippen LogP contribution in [0.2, 0.25) is 0 Å². The maximum absolute atomic E-state index is 11.5. The lowest BCUT2D eigenvalue weighted by Crippen LogP contribution is -2.24. The zero-order valence-electron chi connectivity index (χ0n) is 9.07. The molecule has 0 unspecified atom stereocenters. The van der Waals surface area contributed by atoms with Gasteiger partial charge in [0.1, 0.15) is 5.75 Å². The molecule has 0 atom stereocenters. The van der Waals surface area contributed by atoms with Crippen LogP contribution in [0.3, 0.4) is 0 Å². The number of carbonyl (C=O) groups is 1. The van der Waals surface area contributed by atoms with Gasteiger partial charge in [-0.1, -0.05) is 12.0 Å². The summed E-state index contributed by atoms with van der Waals surface area (Å²) in [5, 5.41) is 0. The number of methoxy groups -OCH3 is 1. The number of benzene rings is 1. The maximum atomic E-state index is 11.5. The molecule has 1 amide bonds. The van der Waals surface area contributed by atoms with Crippen molar-refractivity contribution in [3.05, 3.63) is 24.3 Å². The fourth-order valence-corrected chi connectivity index (χ4v) is 1.13. The Balaban J connectivity index is 2.93. The van der Waals surface area contributed by atoms with Crippen molar-refractivity contribution in [1.82, 2.24) is 0 Å². The minimum absolute atomic E-state index is 0.231. The Morgan fingerprint density at radius 3 is 2.80 bits per heavy atom. The molecule has 0 saturated carbocycles. The summed E-state index contributed by atoms with van der Waals surface area (Å²) in [5.74, 6) is 5.54. The van der Waals surface area contributed by atoms with Crippen LogP contribution in [-0.2, 0) is 4.79 Å². The van der Waals surface area contributed by atoms with Crippen molar-refractivity contribution in [1.29, 1.82) is 0 Å². The Labute approximate surface area is 89.7 Å². The van der Waals surface area contributed by atoms with Crippen molar-refractivity contribution in [3.8, 4) is 17.6 Å². The minimum atomic E-state index is -0.231. The normalized spacial score (nSPS) is 8.73. The summed E-state index contributed by atoms with van der Waals surface area (Å²) in [6, 6.07) is 7.28. The van der Waals surface area contributed by atoms with E-state index < -0.39 is 0 Å². The number of hydrogen-bond acceptors (Lipinski definition) is 2. The predicted molar refractivity (Wildman–Crippen MR) is 59.9 cm³/mol. The van der Waals surface area contributed by atoms with Gasteiger partial charge in [0, 0.05) is 18.8 Å². The van der Waals surface area contributed by atoms with Gasteiger partial charge in [0.2, 0.25) is 0 Å². The van der Waals surface area contributed by atoms with Crippen molar-refractivity contribution in [2.45, 2.75) is 6.92 Å². The third-order valence-electron chi connectivity index (χ3n) is 1.98. The van der Waals surface area contributed by atoms with E-state index in [1.54, 1.807) is 27.1 Å². The van der Waals surface area contributed by atoms with Crippen molar-refractivity contribution in [2.24, 2.45) is 0 Å². The Morgan fingerprint density at radius 2 is 2.20 bits per heavy atom. The molecule has 0 spiro atoms. The van der Waals surface area contributed by atoms with Crippen LogP contribution in [-0.4, -0.2) is 20.1 Å². The zero-order chi connectivity index (χ0) is 11.3. The standard InChI is InChI=1S/C12H13NO2/c1-4-6-12(14)13(2)10-7-5-8-11(9-10)15-3/h5,7-9H,1-3H3. The first-order chi connectivity index (χ1) is 7.19. The molecule has 15 heavy (non-hydrogen) atoms. The van der Waals surface area contributed by atoms with E-state index in [0.29, 0.717) is 0 Å². The second-order valence-corrected chi connectivity index (χ2v) is 2.94. The average Bonchev–Trinajstić information content (AvgIpc) is 2.28. The molecule has 0 fully saturated rings. The Kier molecular flexibility index (Phi) is 3.75. The number of anilines is 1. The van der Waals surface area contributed by atoms with E-state index in [1.807, 2.05) is 18.2 Å². The molecule has 0 bridgehead atoms. The van der Waals surface area contributed by atoms with E-state index in [9.17, 15) is 4.79 Å². The van der Waals surface area contributed by atoms with Crippen molar-refractivity contribution < 1.29 is 9.53 Å². The summed E-state index contributed by atoms with van der Waals surface area (Å²) in [4.78, 5) is 12.9. The maximum Gasteiger partial charge on any atom is 0.302 e. The number of amides is 1. The van der Waals surface area contributed by atoms with Gasteiger partial charge in [-0.05, 0) is 25.0 Å². The molecule has 0 N–H and O–H groups in total. The van der Waals surface area contributed by atoms with E-state index in [0.717, 1.165) is 11.4 Å². The average molecular weight is 203 g/mol. The van der Waals surface area contributed by atoms with E-state index >= 15 is 0 Å². The van der Waals surface area contributed by atoms with Crippen molar-refractivity contribution >= 4 is 11.6 Å². The second-order valence-electron chi connectivity index (χ2n) is 2.94. The highest BCUT2D eigenvalue weighted by atomic mass is 16.5. The SMILES string of the molecule is CC#CC(=O)N(C)c1cccc(OC)c1. The van der Waals surface area contributed by atoms with Crippen molar-refractivity contribution in [2.75, 3.05) is 19.1 Å². The molecule has 0 aliphatic heterocycles. The molecular weight excluding hydrogens is 190 g/mol. The van der Waals surface area contributed by atoms with Crippen LogP contribution in [0.15, 0.2) is 24.3 Å². The molecule has 1 aromatic rings. The third-order valence-corrected chi connectivity index (χ3v) is 1.98. The van der Waals surface area contributed by atoms with Crippen LogP contribution in [0.25, 0.3) is 0 Å². The van der Waals surface area contributed by atoms with Gasteiger partial charge in [0.25, 0.3) is 0 Å². The lowest BCUT2D eigenvalue weighted by atomic mass is 10.3. The predicted octanol–water partition coefficient (Wildman–Crippen LogP) is 1.68. The molecular formula is C12H13NO2.